The number of pyridine rings is 1. The van der Waals surface area contributed by atoms with Crippen molar-refractivity contribution in [1.29, 1.82) is 0 Å². The van der Waals surface area contributed by atoms with Crippen LogP contribution < -0.4 is 9.47 Å². The van der Waals surface area contributed by atoms with Gasteiger partial charge in [0.15, 0.2) is 0 Å². The lowest BCUT2D eigenvalue weighted by Gasteiger charge is -2.10. The number of carbonyl (C=O) groups is 1. The van der Waals surface area contributed by atoms with Gasteiger partial charge in [0.1, 0.15) is 17.3 Å². The average molecular weight is 309 g/mol. The molecule has 0 aliphatic carbocycles. The number of aromatic nitrogens is 1. The van der Waals surface area contributed by atoms with Crippen molar-refractivity contribution < 1.29 is 19.0 Å². The number of esters is 1. The van der Waals surface area contributed by atoms with Gasteiger partial charge in [0, 0.05) is 18.5 Å². The topological polar surface area (TPSA) is 57.7 Å². The first-order valence-electron chi connectivity index (χ1n) is 6.99. The van der Waals surface area contributed by atoms with Crippen molar-refractivity contribution in [1.82, 2.24) is 4.98 Å². The molecule has 0 saturated heterocycles. The van der Waals surface area contributed by atoms with Gasteiger partial charge in [0.2, 0.25) is 0 Å². The lowest BCUT2D eigenvalue weighted by molar-refractivity contribution is -0.130. The number of nitrogens with zero attached hydrogens (tertiary/aromatic N) is 1. The molecule has 0 N–H and O–H groups in total. The number of carbonyl (C=O) groups excluding carboxylic acids is 1. The summed E-state index contributed by atoms with van der Waals surface area (Å²) >= 11 is 0. The maximum absolute atomic E-state index is 12.1. The van der Waals surface area contributed by atoms with E-state index in [1.165, 1.54) is 0 Å². The lowest BCUT2D eigenvalue weighted by atomic mass is 10.1. The Balaban J connectivity index is 1.97. The molecule has 0 radical (unpaired) electrons. The fraction of sp³-hybridized carbons (Fsp3) is 0.111. The van der Waals surface area contributed by atoms with Crippen LogP contribution in [-0.4, -0.2) is 25.2 Å². The number of cyclic esters (lactones) is 1. The molecular formula is C18H15NO4. The minimum absolute atomic E-state index is 0.401. The van der Waals surface area contributed by atoms with Crippen LogP contribution in [0.2, 0.25) is 0 Å². The molecule has 0 saturated carbocycles. The molecule has 3 rings (SSSR count). The van der Waals surface area contributed by atoms with E-state index in [-0.39, 0.29) is 0 Å². The van der Waals surface area contributed by atoms with Crippen LogP contribution in [0.25, 0.3) is 11.8 Å². The van der Waals surface area contributed by atoms with Crippen molar-refractivity contribution in [3.05, 3.63) is 65.5 Å². The third kappa shape index (κ3) is 3.08. The number of benzene rings is 1. The second-order valence-electron chi connectivity index (χ2n) is 4.85. The zero-order valence-electron chi connectivity index (χ0n) is 12.8. The second-order valence-corrected chi connectivity index (χ2v) is 4.85. The Labute approximate surface area is 133 Å². The smallest absolute Gasteiger partial charge is 0.343 e. The summed E-state index contributed by atoms with van der Waals surface area (Å²) in [7, 11) is 3.14. The van der Waals surface area contributed by atoms with Gasteiger partial charge >= 0.3 is 5.97 Å². The maximum Gasteiger partial charge on any atom is 0.343 e. The Morgan fingerprint density at radius 1 is 1.17 bits per heavy atom. The van der Waals surface area contributed by atoms with Crippen LogP contribution in [0.5, 0.6) is 11.5 Å². The van der Waals surface area contributed by atoms with E-state index in [0.29, 0.717) is 28.4 Å². The second kappa shape index (κ2) is 6.36. The number of hydrogen-bond acceptors (Lipinski definition) is 5. The van der Waals surface area contributed by atoms with Gasteiger partial charge in [-0.15, -0.1) is 0 Å². The van der Waals surface area contributed by atoms with E-state index in [2.05, 4.69) is 4.98 Å². The Hall–Kier alpha value is -3.08. The number of methoxy groups -OCH3 is 2. The molecule has 0 amide bonds. The number of hydrogen-bond donors (Lipinski definition) is 0. The summed E-state index contributed by atoms with van der Waals surface area (Å²) in [5.74, 6) is 1.29. The van der Waals surface area contributed by atoms with Crippen LogP contribution in [0.3, 0.4) is 0 Å². The van der Waals surface area contributed by atoms with Gasteiger partial charge in [-0.2, -0.15) is 0 Å². The van der Waals surface area contributed by atoms with Gasteiger partial charge in [0.05, 0.1) is 25.4 Å². The van der Waals surface area contributed by atoms with Crippen molar-refractivity contribution in [2.45, 2.75) is 0 Å². The molecule has 1 aromatic heterocycles. The minimum Gasteiger partial charge on any atom is -0.497 e. The van der Waals surface area contributed by atoms with Gasteiger partial charge in [-0.3, -0.25) is 4.98 Å². The molecule has 23 heavy (non-hydrogen) atoms. The van der Waals surface area contributed by atoms with Crippen LogP contribution in [0.4, 0.5) is 0 Å². The molecule has 1 aromatic carbocycles. The Morgan fingerprint density at radius 3 is 2.74 bits per heavy atom. The first-order chi connectivity index (χ1) is 11.2. The molecule has 5 nitrogen and oxygen atoms in total. The van der Waals surface area contributed by atoms with Crippen molar-refractivity contribution in [3.63, 3.8) is 0 Å². The van der Waals surface area contributed by atoms with Gasteiger partial charge in [-0.05, 0) is 35.9 Å². The molecule has 5 heteroatoms. The maximum atomic E-state index is 12.1. The van der Waals surface area contributed by atoms with Crippen LogP contribution >= 0.6 is 0 Å². The van der Waals surface area contributed by atoms with Crippen LogP contribution in [-0.2, 0) is 9.53 Å². The average Bonchev–Trinajstić information content (AvgIpc) is 2.95. The summed E-state index contributed by atoms with van der Waals surface area (Å²) in [6.45, 7) is 0. The molecule has 1 aliphatic rings. The van der Waals surface area contributed by atoms with E-state index < -0.39 is 5.97 Å². The first-order valence-corrected chi connectivity index (χ1v) is 6.99. The van der Waals surface area contributed by atoms with E-state index in [0.717, 1.165) is 5.56 Å². The van der Waals surface area contributed by atoms with E-state index in [9.17, 15) is 4.79 Å². The first kappa shape index (κ1) is 14.8. The number of rotatable bonds is 4. The summed E-state index contributed by atoms with van der Waals surface area (Å²) in [5, 5.41) is 0. The molecular weight excluding hydrogens is 294 g/mol. The van der Waals surface area contributed by atoms with E-state index in [1.807, 2.05) is 12.1 Å². The Kier molecular flexibility index (Phi) is 4.10. The standard InChI is InChI=1S/C18H15NO4/c1-21-14-5-6-15(16(10-14)22-2)17-9-13(18(20)23-17)8-12-4-3-7-19-11-12/h3-11H,1-2H3/b13-8+. The van der Waals surface area contributed by atoms with Crippen molar-refractivity contribution in [2.75, 3.05) is 14.2 Å². The van der Waals surface area contributed by atoms with Gasteiger partial charge in [-0.25, -0.2) is 4.79 Å². The summed E-state index contributed by atoms with van der Waals surface area (Å²) in [6.07, 6.45) is 6.79. The van der Waals surface area contributed by atoms with Crippen LogP contribution in [0.1, 0.15) is 11.1 Å². The molecule has 2 heterocycles. The molecule has 2 aromatic rings. The molecule has 1 aliphatic heterocycles. The highest BCUT2D eigenvalue weighted by Crippen LogP contribution is 2.35. The summed E-state index contributed by atoms with van der Waals surface area (Å²) in [5.41, 5.74) is 1.99. The molecule has 0 bridgehead atoms. The van der Waals surface area contributed by atoms with Crippen molar-refractivity contribution >= 4 is 17.8 Å². The van der Waals surface area contributed by atoms with E-state index >= 15 is 0 Å². The largest absolute Gasteiger partial charge is 0.497 e. The van der Waals surface area contributed by atoms with Crippen molar-refractivity contribution in [2.24, 2.45) is 0 Å². The molecule has 0 fully saturated rings. The Morgan fingerprint density at radius 2 is 2.04 bits per heavy atom. The summed E-state index contributed by atoms with van der Waals surface area (Å²) in [4.78, 5) is 16.1. The minimum atomic E-state index is -0.401. The molecule has 0 spiro atoms. The third-order valence-corrected chi connectivity index (χ3v) is 3.41. The highest BCUT2D eigenvalue weighted by molar-refractivity contribution is 6.05. The highest BCUT2D eigenvalue weighted by Gasteiger charge is 2.24. The Bertz CT molecular complexity index is 794. The van der Waals surface area contributed by atoms with Crippen molar-refractivity contribution in [3.8, 4) is 11.5 Å². The molecule has 116 valence electrons. The van der Waals surface area contributed by atoms with Gasteiger partial charge in [-0.1, -0.05) is 6.07 Å². The predicted molar refractivity (Wildman–Crippen MR) is 85.8 cm³/mol. The quantitative estimate of drug-likeness (QED) is 0.641. The highest BCUT2D eigenvalue weighted by atomic mass is 16.5. The zero-order chi connectivity index (χ0) is 16.2. The van der Waals surface area contributed by atoms with Gasteiger partial charge < -0.3 is 14.2 Å². The van der Waals surface area contributed by atoms with Gasteiger partial charge in [0.25, 0.3) is 0 Å². The van der Waals surface area contributed by atoms with Crippen LogP contribution in [0.15, 0.2) is 54.4 Å². The van der Waals surface area contributed by atoms with E-state index in [1.54, 1.807) is 57.0 Å². The molecule has 0 atom stereocenters. The lowest BCUT2D eigenvalue weighted by Crippen LogP contribution is -1.98. The monoisotopic (exact) mass is 309 g/mol. The van der Waals surface area contributed by atoms with E-state index in [4.69, 9.17) is 14.2 Å². The summed E-state index contributed by atoms with van der Waals surface area (Å²) < 4.78 is 15.9. The normalized spacial score (nSPS) is 15.3. The third-order valence-electron chi connectivity index (χ3n) is 3.41. The summed E-state index contributed by atoms with van der Waals surface area (Å²) in [6, 6.07) is 9.00. The fourth-order valence-electron chi connectivity index (χ4n) is 2.26. The van der Waals surface area contributed by atoms with Crippen LogP contribution in [0, 0.1) is 0 Å². The number of ether oxygens (including phenoxy) is 3. The molecule has 0 unspecified atom stereocenters. The SMILES string of the molecule is COc1ccc(C2=C/C(=C\c3cccnc3)C(=O)O2)c(OC)c1. The zero-order valence-corrected chi connectivity index (χ0v) is 12.8. The predicted octanol–water partition coefficient (Wildman–Crippen LogP) is 3.08. The fourth-order valence-corrected chi connectivity index (χ4v) is 2.26.